The van der Waals surface area contributed by atoms with Crippen molar-refractivity contribution in [3.05, 3.63) is 43.0 Å². The number of hydrogen-bond donors (Lipinski definition) is 6. The zero-order valence-electron chi connectivity index (χ0n) is 23.8. The van der Waals surface area contributed by atoms with E-state index < -0.39 is 43.7 Å². The van der Waals surface area contributed by atoms with E-state index in [-0.39, 0.29) is 18.6 Å². The number of aromatic nitrogens is 4. The van der Waals surface area contributed by atoms with Crippen molar-refractivity contribution in [3.63, 3.8) is 0 Å². The third-order valence-corrected chi connectivity index (χ3v) is 7.08. The Morgan fingerprint density at radius 2 is 1.60 bits per heavy atom. The smallest absolute Gasteiger partial charge is 0.342 e. The summed E-state index contributed by atoms with van der Waals surface area (Å²) in [6.45, 7) is 7.25. The van der Waals surface area contributed by atoms with Gasteiger partial charge in [-0.25, -0.2) is 29.6 Å². The van der Waals surface area contributed by atoms with Crippen LogP contribution in [0.2, 0.25) is 0 Å². The number of hydrogen-bond acceptors (Lipinski definition) is 13. The van der Waals surface area contributed by atoms with Gasteiger partial charge in [-0.1, -0.05) is 18.2 Å². The van der Waals surface area contributed by atoms with Gasteiger partial charge in [-0.3, -0.25) is 9.36 Å². The van der Waals surface area contributed by atoms with Gasteiger partial charge in [0.05, 0.1) is 25.1 Å². The molecule has 3 rings (SSSR count). The fourth-order valence-electron chi connectivity index (χ4n) is 3.28. The number of aliphatic hydroxyl groups is 2. The normalized spacial score (nSPS) is 15.3. The Bertz CT molecular complexity index is 1400. The SMILES string of the molecule is CC(C)OC(=O)[C@H](C)N[P@](=O)(CO[C@H](C)Cn1cnc2c(N)ncnc21)Oc1ccccc1.O=C(O)C(O)C(O)C(=O)O. The average molecular weight is 627 g/mol. The number of aliphatic hydroxyl groups excluding tert-OH is 2. The maximum Gasteiger partial charge on any atom is 0.342 e. The summed E-state index contributed by atoms with van der Waals surface area (Å²) in [7, 11) is -3.64. The molecule has 236 valence electrons. The molecule has 0 spiro atoms. The quantitative estimate of drug-likeness (QED) is 0.107. The number of nitrogens with zero attached hydrogens (tertiary/aromatic N) is 4. The van der Waals surface area contributed by atoms with Gasteiger partial charge in [0.15, 0.2) is 23.7 Å². The first-order chi connectivity index (χ1) is 20.1. The van der Waals surface area contributed by atoms with Crippen molar-refractivity contribution in [1.82, 2.24) is 24.6 Å². The highest BCUT2D eigenvalue weighted by Crippen LogP contribution is 2.44. The number of carbonyl (C=O) groups excluding carboxylic acids is 1. The number of benzene rings is 1. The summed E-state index contributed by atoms with van der Waals surface area (Å²) in [4.78, 5) is 44.2. The molecule has 2 heterocycles. The van der Waals surface area contributed by atoms with Crippen LogP contribution in [0.3, 0.4) is 0 Å². The van der Waals surface area contributed by atoms with Gasteiger partial charge in [0.1, 0.15) is 30.0 Å². The Labute approximate surface area is 246 Å². The second kappa shape index (κ2) is 15.9. The number of fused-ring (bicyclic) bond motifs is 1. The fraction of sp³-hybridized carbons (Fsp3) is 0.440. The number of aliphatic carboxylic acids is 2. The Hall–Kier alpha value is -4.15. The van der Waals surface area contributed by atoms with Crippen LogP contribution in [-0.2, 0) is 35.0 Å². The lowest BCUT2D eigenvalue weighted by Gasteiger charge is -2.25. The standard InChI is InChI=1S/C21H29N6O5P.C4H6O6/c1-14(2)31-21(28)16(4)26-33(29,32-17-8-6-5-7-9-17)13-30-15(3)10-27-12-25-18-19(22)23-11-24-20(18)27;5-1(3(7)8)2(6)4(9)10/h5-9,11-12,14-16H,10,13H2,1-4H3,(H,26,29)(H2,22,23,24);1-2,5-6H,(H,7,8)(H,9,10)/t15-,16+,33+;/m1./s1. The number of para-hydroxylation sites is 1. The van der Waals surface area contributed by atoms with E-state index in [1.54, 1.807) is 55.9 Å². The van der Waals surface area contributed by atoms with Crippen molar-refractivity contribution in [2.24, 2.45) is 0 Å². The molecule has 1 aromatic carbocycles. The maximum atomic E-state index is 13.6. The van der Waals surface area contributed by atoms with E-state index in [0.717, 1.165) is 0 Å². The first-order valence-electron chi connectivity index (χ1n) is 12.8. The number of esters is 1. The van der Waals surface area contributed by atoms with Crippen LogP contribution < -0.4 is 15.3 Å². The lowest BCUT2D eigenvalue weighted by molar-refractivity contribution is -0.165. The Kier molecular flexibility index (Phi) is 13.0. The molecule has 3 aromatic rings. The number of anilines is 1. The number of nitrogen functional groups attached to an aromatic ring is 1. The molecule has 7 N–H and O–H groups in total. The zero-order valence-corrected chi connectivity index (χ0v) is 24.7. The highest BCUT2D eigenvalue weighted by atomic mass is 31.2. The van der Waals surface area contributed by atoms with E-state index in [1.807, 2.05) is 13.0 Å². The molecule has 0 aliphatic carbocycles. The van der Waals surface area contributed by atoms with Gasteiger partial charge in [0.2, 0.25) is 0 Å². The minimum Gasteiger partial charge on any atom is -0.479 e. The molecule has 43 heavy (non-hydrogen) atoms. The van der Waals surface area contributed by atoms with Crippen LogP contribution >= 0.6 is 7.52 Å². The number of carboxylic acids is 2. The van der Waals surface area contributed by atoms with Crippen molar-refractivity contribution in [2.45, 2.75) is 64.7 Å². The van der Waals surface area contributed by atoms with Crippen LogP contribution in [0.1, 0.15) is 27.7 Å². The second-order valence-corrected chi connectivity index (χ2v) is 11.5. The van der Waals surface area contributed by atoms with Gasteiger partial charge < -0.3 is 44.7 Å². The number of carboxylic acid groups (broad SMARTS) is 2. The van der Waals surface area contributed by atoms with Gasteiger partial charge in [-0.05, 0) is 39.8 Å². The van der Waals surface area contributed by atoms with Crippen LogP contribution in [-0.4, -0.2) is 94.7 Å². The highest BCUT2D eigenvalue weighted by molar-refractivity contribution is 7.57. The molecule has 0 bridgehead atoms. The van der Waals surface area contributed by atoms with Gasteiger partial charge in [-0.2, -0.15) is 0 Å². The first kappa shape index (κ1) is 35.0. The lowest BCUT2D eigenvalue weighted by Crippen LogP contribution is -2.39. The van der Waals surface area contributed by atoms with Crippen LogP contribution in [0.4, 0.5) is 5.82 Å². The summed E-state index contributed by atoms with van der Waals surface area (Å²) in [5, 5.41) is 35.3. The Morgan fingerprint density at radius 3 is 2.16 bits per heavy atom. The molecule has 2 unspecified atom stereocenters. The van der Waals surface area contributed by atoms with Crippen LogP contribution in [0.5, 0.6) is 5.75 Å². The monoisotopic (exact) mass is 626 g/mol. The molecule has 0 aliphatic rings. The van der Waals surface area contributed by atoms with E-state index in [4.69, 9.17) is 40.2 Å². The molecule has 5 atom stereocenters. The van der Waals surface area contributed by atoms with Crippen molar-refractivity contribution in [1.29, 1.82) is 0 Å². The fourth-order valence-corrected chi connectivity index (χ4v) is 5.07. The topological polar surface area (TPSA) is 259 Å². The second-order valence-electron chi connectivity index (χ2n) is 9.41. The Morgan fingerprint density at radius 1 is 1.00 bits per heavy atom. The predicted molar refractivity (Wildman–Crippen MR) is 151 cm³/mol. The summed E-state index contributed by atoms with van der Waals surface area (Å²) in [5.41, 5.74) is 6.91. The third-order valence-electron chi connectivity index (χ3n) is 5.31. The van der Waals surface area contributed by atoms with Gasteiger partial charge in [-0.15, -0.1) is 0 Å². The molecular formula is C25H35N6O11P. The molecular weight excluding hydrogens is 591 g/mol. The number of nitrogens with one attached hydrogen (secondary N) is 1. The highest BCUT2D eigenvalue weighted by Gasteiger charge is 2.32. The van der Waals surface area contributed by atoms with Crippen molar-refractivity contribution in [2.75, 3.05) is 12.1 Å². The Balaban J connectivity index is 0.000000553. The molecule has 0 saturated heterocycles. The average Bonchev–Trinajstić information content (AvgIpc) is 3.35. The maximum absolute atomic E-state index is 13.6. The van der Waals surface area contributed by atoms with Crippen molar-refractivity contribution in [3.8, 4) is 5.75 Å². The lowest BCUT2D eigenvalue weighted by atomic mass is 10.2. The number of ether oxygens (including phenoxy) is 2. The van der Waals surface area contributed by atoms with E-state index in [0.29, 0.717) is 29.3 Å². The number of imidazole rings is 1. The van der Waals surface area contributed by atoms with E-state index in [1.165, 1.54) is 6.33 Å². The predicted octanol–water partition coefficient (Wildman–Crippen LogP) is 0.850. The van der Waals surface area contributed by atoms with E-state index in [9.17, 15) is 18.9 Å². The van der Waals surface area contributed by atoms with Gasteiger partial charge in [0, 0.05) is 0 Å². The van der Waals surface area contributed by atoms with Crippen molar-refractivity contribution >= 4 is 42.4 Å². The summed E-state index contributed by atoms with van der Waals surface area (Å²) in [5.74, 6) is -3.39. The minimum absolute atomic E-state index is 0.272. The molecule has 0 radical (unpaired) electrons. The van der Waals surface area contributed by atoms with Crippen LogP contribution in [0, 0.1) is 0 Å². The van der Waals surface area contributed by atoms with Crippen molar-refractivity contribution < 1.29 is 53.4 Å². The first-order valence-corrected chi connectivity index (χ1v) is 14.6. The largest absolute Gasteiger partial charge is 0.479 e. The van der Waals surface area contributed by atoms with Gasteiger partial charge >= 0.3 is 25.4 Å². The van der Waals surface area contributed by atoms with Crippen LogP contribution in [0.25, 0.3) is 11.2 Å². The third kappa shape index (κ3) is 10.9. The van der Waals surface area contributed by atoms with Crippen LogP contribution in [0.15, 0.2) is 43.0 Å². The summed E-state index contributed by atoms with van der Waals surface area (Å²) in [6, 6.07) is 7.83. The molecule has 0 amide bonds. The molecule has 0 fully saturated rings. The van der Waals surface area contributed by atoms with E-state index in [2.05, 4.69) is 20.0 Å². The number of carbonyl (C=O) groups is 3. The molecule has 17 nitrogen and oxygen atoms in total. The summed E-state index contributed by atoms with van der Waals surface area (Å²) in [6.07, 6.45) is -2.52. The number of nitrogens with two attached hydrogens (primary N) is 1. The molecule has 0 aliphatic heterocycles. The van der Waals surface area contributed by atoms with Gasteiger partial charge in [0.25, 0.3) is 0 Å². The molecule has 2 aromatic heterocycles. The molecule has 18 heteroatoms. The number of rotatable bonds is 14. The van der Waals surface area contributed by atoms with E-state index >= 15 is 0 Å². The molecule has 0 saturated carbocycles. The summed E-state index contributed by atoms with van der Waals surface area (Å²) < 4.78 is 32.2. The minimum atomic E-state index is -3.64. The zero-order chi connectivity index (χ0) is 32.3. The summed E-state index contributed by atoms with van der Waals surface area (Å²) >= 11 is 0.